The Kier molecular flexibility index (Phi) is 6.02. The molecule has 23 heavy (non-hydrogen) atoms. The van der Waals surface area contributed by atoms with Crippen LogP contribution in [0.1, 0.15) is 31.7 Å². The van der Waals surface area contributed by atoms with Gasteiger partial charge in [0.1, 0.15) is 5.75 Å². The predicted octanol–water partition coefficient (Wildman–Crippen LogP) is 2.59. The van der Waals surface area contributed by atoms with Gasteiger partial charge in [0.2, 0.25) is 5.91 Å². The maximum atomic E-state index is 12.3. The fourth-order valence-electron chi connectivity index (χ4n) is 3.13. The molecule has 1 N–H and O–H groups in total. The van der Waals surface area contributed by atoms with Crippen molar-refractivity contribution in [2.75, 3.05) is 20.2 Å². The van der Waals surface area contributed by atoms with Gasteiger partial charge in [-0.3, -0.25) is 9.59 Å². The highest BCUT2D eigenvalue weighted by atomic mass is 16.5. The van der Waals surface area contributed by atoms with E-state index >= 15 is 0 Å². The summed E-state index contributed by atoms with van der Waals surface area (Å²) in [5.74, 6) is -0.0800. The molecule has 1 amide bonds. The van der Waals surface area contributed by atoms with Gasteiger partial charge >= 0.3 is 5.97 Å². The second kappa shape index (κ2) is 7.99. The van der Waals surface area contributed by atoms with E-state index in [9.17, 15) is 9.59 Å². The number of carbonyl (C=O) groups is 2. The van der Waals surface area contributed by atoms with Gasteiger partial charge in [0, 0.05) is 19.5 Å². The van der Waals surface area contributed by atoms with E-state index in [-0.39, 0.29) is 17.7 Å². The Balaban J connectivity index is 1.75. The number of amides is 1. The Bertz CT molecular complexity index is 540. The molecule has 1 heterocycles. The first-order valence-electron chi connectivity index (χ1n) is 8.14. The van der Waals surface area contributed by atoms with Gasteiger partial charge in [-0.1, -0.05) is 19.1 Å². The Morgan fingerprint density at radius 2 is 2.00 bits per heavy atom. The van der Waals surface area contributed by atoms with E-state index in [1.54, 1.807) is 7.11 Å². The summed E-state index contributed by atoms with van der Waals surface area (Å²) in [6.07, 6.45) is 2.73. The zero-order valence-electron chi connectivity index (χ0n) is 13.8. The molecule has 2 rings (SSSR count). The van der Waals surface area contributed by atoms with Crippen LogP contribution >= 0.6 is 0 Å². The molecule has 0 aromatic heterocycles. The minimum atomic E-state index is -0.746. The molecule has 1 saturated heterocycles. The third-order valence-corrected chi connectivity index (χ3v) is 4.59. The third kappa shape index (κ3) is 4.71. The zero-order chi connectivity index (χ0) is 16.8. The summed E-state index contributed by atoms with van der Waals surface area (Å²) in [4.78, 5) is 25.2. The van der Waals surface area contributed by atoms with Crippen LogP contribution in [0, 0.1) is 11.8 Å². The van der Waals surface area contributed by atoms with Crippen LogP contribution in [0.5, 0.6) is 5.75 Å². The molecule has 0 saturated carbocycles. The molecule has 1 aromatic carbocycles. The first-order valence-corrected chi connectivity index (χ1v) is 8.14. The number of hydrogen-bond acceptors (Lipinski definition) is 3. The monoisotopic (exact) mass is 319 g/mol. The van der Waals surface area contributed by atoms with Crippen molar-refractivity contribution in [2.45, 2.75) is 32.6 Å². The van der Waals surface area contributed by atoms with Crippen LogP contribution in [0.4, 0.5) is 0 Å². The molecule has 1 aliphatic rings. The number of hydrogen-bond donors (Lipinski definition) is 1. The number of likely N-dealkylation sites (tertiary alicyclic amines) is 1. The van der Waals surface area contributed by atoms with Crippen molar-refractivity contribution < 1.29 is 19.4 Å². The number of carboxylic acid groups (broad SMARTS) is 1. The third-order valence-electron chi connectivity index (χ3n) is 4.59. The van der Waals surface area contributed by atoms with Crippen molar-refractivity contribution in [3.05, 3.63) is 29.8 Å². The average molecular weight is 319 g/mol. The molecule has 5 nitrogen and oxygen atoms in total. The van der Waals surface area contributed by atoms with Crippen molar-refractivity contribution in [2.24, 2.45) is 11.8 Å². The van der Waals surface area contributed by atoms with E-state index in [4.69, 9.17) is 9.84 Å². The molecule has 2 atom stereocenters. The topological polar surface area (TPSA) is 66.8 Å². The second-order valence-electron chi connectivity index (χ2n) is 6.25. The number of aliphatic carboxylic acids is 1. The van der Waals surface area contributed by atoms with Gasteiger partial charge in [0.25, 0.3) is 0 Å². The number of benzene rings is 1. The molecule has 126 valence electrons. The van der Waals surface area contributed by atoms with E-state index in [0.29, 0.717) is 25.9 Å². The van der Waals surface area contributed by atoms with Gasteiger partial charge in [-0.15, -0.1) is 0 Å². The zero-order valence-corrected chi connectivity index (χ0v) is 13.8. The van der Waals surface area contributed by atoms with Gasteiger partial charge in [-0.05, 0) is 42.9 Å². The number of carbonyl (C=O) groups excluding carboxylic acids is 1. The number of aryl methyl sites for hydroxylation is 1. The summed E-state index contributed by atoms with van der Waals surface area (Å²) in [6.45, 7) is 3.02. The molecule has 0 bridgehead atoms. The van der Waals surface area contributed by atoms with E-state index in [0.717, 1.165) is 18.6 Å². The van der Waals surface area contributed by atoms with Crippen LogP contribution in [0.15, 0.2) is 24.3 Å². The van der Waals surface area contributed by atoms with Crippen molar-refractivity contribution >= 4 is 11.9 Å². The quantitative estimate of drug-likeness (QED) is 0.875. The van der Waals surface area contributed by atoms with Crippen LogP contribution in [0.25, 0.3) is 0 Å². The SMILES string of the molecule is COc1ccc(CCCC(=O)N2CCC(C(=O)O)C(C)C2)cc1. The standard InChI is InChI=1S/C18H25NO4/c1-13-12-19(11-10-16(13)18(21)22)17(20)5-3-4-14-6-8-15(23-2)9-7-14/h6-9,13,16H,3-5,10-12H2,1-2H3,(H,21,22). The van der Waals surface area contributed by atoms with Crippen molar-refractivity contribution in [3.63, 3.8) is 0 Å². The Morgan fingerprint density at radius 1 is 1.30 bits per heavy atom. The summed E-state index contributed by atoms with van der Waals surface area (Å²) in [5.41, 5.74) is 1.19. The first kappa shape index (κ1) is 17.3. The van der Waals surface area contributed by atoms with E-state index in [1.165, 1.54) is 5.56 Å². The van der Waals surface area contributed by atoms with Gasteiger partial charge in [0.05, 0.1) is 13.0 Å². The average Bonchev–Trinajstić information content (AvgIpc) is 2.55. The molecule has 0 spiro atoms. The fourth-order valence-corrected chi connectivity index (χ4v) is 3.13. The van der Waals surface area contributed by atoms with E-state index in [1.807, 2.05) is 36.1 Å². The van der Waals surface area contributed by atoms with Crippen molar-refractivity contribution in [3.8, 4) is 5.75 Å². The number of methoxy groups -OCH3 is 1. The Hall–Kier alpha value is -2.04. The lowest BCUT2D eigenvalue weighted by Gasteiger charge is -2.35. The van der Waals surface area contributed by atoms with Crippen LogP contribution in [0.2, 0.25) is 0 Å². The Morgan fingerprint density at radius 3 is 2.57 bits per heavy atom. The first-order chi connectivity index (χ1) is 11.0. The minimum absolute atomic E-state index is 0.0202. The van der Waals surface area contributed by atoms with Gasteiger partial charge < -0.3 is 14.7 Å². The molecule has 0 aliphatic carbocycles. The van der Waals surface area contributed by atoms with E-state index < -0.39 is 5.97 Å². The molecule has 1 aromatic rings. The van der Waals surface area contributed by atoms with Crippen LogP contribution in [0.3, 0.4) is 0 Å². The summed E-state index contributed by atoms with van der Waals surface area (Å²) in [7, 11) is 1.64. The summed E-state index contributed by atoms with van der Waals surface area (Å²) >= 11 is 0. The van der Waals surface area contributed by atoms with Gasteiger partial charge in [-0.25, -0.2) is 0 Å². The molecule has 2 unspecified atom stereocenters. The Labute approximate surface area is 137 Å². The number of ether oxygens (including phenoxy) is 1. The molecular weight excluding hydrogens is 294 g/mol. The molecular formula is C18H25NO4. The highest BCUT2D eigenvalue weighted by Gasteiger charge is 2.32. The lowest BCUT2D eigenvalue weighted by molar-refractivity contribution is -0.148. The van der Waals surface area contributed by atoms with Gasteiger partial charge in [-0.2, -0.15) is 0 Å². The number of piperidine rings is 1. The number of nitrogens with zero attached hydrogens (tertiary/aromatic N) is 1. The normalized spacial score (nSPS) is 21.0. The maximum absolute atomic E-state index is 12.3. The smallest absolute Gasteiger partial charge is 0.306 e. The maximum Gasteiger partial charge on any atom is 0.306 e. The largest absolute Gasteiger partial charge is 0.497 e. The molecule has 5 heteroatoms. The predicted molar refractivity (Wildman–Crippen MR) is 87.4 cm³/mol. The molecule has 0 radical (unpaired) electrons. The highest BCUT2D eigenvalue weighted by molar-refractivity contribution is 5.77. The molecule has 1 aliphatic heterocycles. The lowest BCUT2D eigenvalue weighted by Crippen LogP contribution is -2.44. The van der Waals surface area contributed by atoms with Crippen molar-refractivity contribution in [1.82, 2.24) is 4.90 Å². The second-order valence-corrected chi connectivity index (χ2v) is 6.25. The number of carboxylic acids is 1. The van der Waals surface area contributed by atoms with Crippen LogP contribution in [-0.2, 0) is 16.0 Å². The minimum Gasteiger partial charge on any atom is -0.497 e. The van der Waals surface area contributed by atoms with Crippen molar-refractivity contribution in [1.29, 1.82) is 0 Å². The summed E-state index contributed by atoms with van der Waals surface area (Å²) < 4.78 is 5.12. The molecule has 1 fully saturated rings. The summed E-state index contributed by atoms with van der Waals surface area (Å²) in [5, 5.41) is 9.13. The van der Waals surface area contributed by atoms with Crippen LogP contribution in [-0.4, -0.2) is 42.1 Å². The highest BCUT2D eigenvalue weighted by Crippen LogP contribution is 2.24. The number of rotatable bonds is 6. The van der Waals surface area contributed by atoms with Crippen LogP contribution < -0.4 is 4.74 Å². The summed E-state index contributed by atoms with van der Waals surface area (Å²) in [6, 6.07) is 7.89. The fraction of sp³-hybridized carbons (Fsp3) is 0.556. The van der Waals surface area contributed by atoms with Gasteiger partial charge in [0.15, 0.2) is 0 Å². The van der Waals surface area contributed by atoms with E-state index in [2.05, 4.69) is 0 Å². The lowest BCUT2D eigenvalue weighted by atomic mass is 9.87.